The lowest BCUT2D eigenvalue weighted by molar-refractivity contribution is -0.139. The Balaban J connectivity index is 2.20. The van der Waals surface area contributed by atoms with Crippen LogP contribution in [0.4, 0.5) is 4.79 Å². The second-order valence-electron chi connectivity index (χ2n) is 6.20. The van der Waals surface area contributed by atoms with Crippen molar-refractivity contribution < 1.29 is 19.1 Å². The van der Waals surface area contributed by atoms with Crippen LogP contribution in [0.15, 0.2) is 35.5 Å². The highest BCUT2D eigenvalue weighted by molar-refractivity contribution is 5.94. The summed E-state index contributed by atoms with van der Waals surface area (Å²) in [5, 5.41) is 5.55. The Bertz CT molecular complexity index is 687. The number of urea groups is 1. The number of hydrogen-bond donors (Lipinski definition) is 2. The third-order valence-corrected chi connectivity index (χ3v) is 4.16. The van der Waals surface area contributed by atoms with Gasteiger partial charge in [-0.2, -0.15) is 0 Å². The highest BCUT2D eigenvalue weighted by Crippen LogP contribution is 2.19. The second kappa shape index (κ2) is 9.24. The first-order valence-electron chi connectivity index (χ1n) is 8.77. The molecule has 1 aromatic carbocycles. The zero-order valence-electron chi connectivity index (χ0n) is 15.8. The fraction of sp³-hybridized carbons (Fsp3) is 0.474. The molecule has 0 bridgehead atoms. The maximum Gasteiger partial charge on any atom is 0.337 e. The smallest absolute Gasteiger partial charge is 0.337 e. The van der Waals surface area contributed by atoms with Crippen molar-refractivity contribution in [3.63, 3.8) is 0 Å². The number of carbonyl (C=O) groups excluding carboxylic acids is 2. The van der Waals surface area contributed by atoms with Crippen molar-refractivity contribution in [3.8, 4) is 5.75 Å². The van der Waals surface area contributed by atoms with E-state index < -0.39 is 5.97 Å². The van der Waals surface area contributed by atoms with E-state index in [2.05, 4.69) is 10.6 Å². The molecule has 0 unspecified atom stereocenters. The fourth-order valence-electron chi connectivity index (χ4n) is 2.99. The zero-order valence-corrected chi connectivity index (χ0v) is 15.8. The molecule has 2 rings (SSSR count). The lowest BCUT2D eigenvalue weighted by Gasteiger charge is -2.30. The van der Waals surface area contributed by atoms with Gasteiger partial charge in [0.2, 0.25) is 0 Å². The molecule has 0 aromatic heterocycles. The monoisotopic (exact) mass is 361 g/mol. The minimum Gasteiger partial charge on any atom is -0.497 e. The third-order valence-electron chi connectivity index (χ3n) is 4.16. The van der Waals surface area contributed by atoms with Gasteiger partial charge in [-0.15, -0.1) is 0 Å². The van der Waals surface area contributed by atoms with E-state index >= 15 is 0 Å². The minimum absolute atomic E-state index is 0.291. The molecule has 7 nitrogen and oxygen atoms in total. The predicted octanol–water partition coefficient (Wildman–Crippen LogP) is 2.04. The maximum absolute atomic E-state index is 12.4. The number of rotatable bonds is 8. The maximum atomic E-state index is 12.4. The first-order valence-corrected chi connectivity index (χ1v) is 8.77. The summed E-state index contributed by atoms with van der Waals surface area (Å²) in [5.74, 6) is 0.403. The van der Waals surface area contributed by atoms with E-state index in [4.69, 9.17) is 9.47 Å². The first kappa shape index (κ1) is 19.8. The number of esters is 1. The highest BCUT2D eigenvalue weighted by atomic mass is 16.5. The average molecular weight is 361 g/mol. The summed E-state index contributed by atoms with van der Waals surface area (Å²) in [5.41, 5.74) is 2.16. The lowest BCUT2D eigenvalue weighted by atomic mass is 10.00. The Kier molecular flexibility index (Phi) is 7.03. The van der Waals surface area contributed by atoms with Crippen molar-refractivity contribution in [3.05, 3.63) is 41.1 Å². The molecule has 0 radical (unpaired) electrons. The molecule has 26 heavy (non-hydrogen) atoms. The summed E-state index contributed by atoms with van der Waals surface area (Å²) in [6, 6.07) is 7.16. The Hall–Kier alpha value is -2.54. The van der Waals surface area contributed by atoms with E-state index in [1.807, 2.05) is 43.1 Å². The van der Waals surface area contributed by atoms with E-state index in [9.17, 15) is 9.59 Å². The molecule has 0 saturated heterocycles. The second-order valence-corrected chi connectivity index (χ2v) is 6.20. The molecule has 0 aliphatic carbocycles. The van der Waals surface area contributed by atoms with E-state index in [-0.39, 0.29) is 12.1 Å². The van der Waals surface area contributed by atoms with Gasteiger partial charge in [-0.3, -0.25) is 4.90 Å². The van der Waals surface area contributed by atoms with Crippen LogP contribution in [0.3, 0.4) is 0 Å². The van der Waals surface area contributed by atoms with Crippen molar-refractivity contribution in [1.29, 1.82) is 0 Å². The molecule has 7 heteroatoms. The number of methoxy groups -OCH3 is 1. The number of benzene rings is 1. The number of likely N-dealkylation sites (N-methyl/N-ethyl adjacent to an activating group) is 1. The van der Waals surface area contributed by atoms with Gasteiger partial charge in [0.1, 0.15) is 5.75 Å². The van der Waals surface area contributed by atoms with Crippen LogP contribution in [-0.2, 0) is 16.1 Å². The quantitative estimate of drug-likeness (QED) is 0.693. The van der Waals surface area contributed by atoms with Crippen LogP contribution in [0.5, 0.6) is 5.75 Å². The van der Waals surface area contributed by atoms with Gasteiger partial charge in [0.15, 0.2) is 0 Å². The molecule has 0 fully saturated rings. The molecular weight excluding hydrogens is 334 g/mol. The number of nitrogens with one attached hydrogen (secondary N) is 2. The van der Waals surface area contributed by atoms with Gasteiger partial charge in [-0.05, 0) is 38.1 Å². The molecule has 2 N–H and O–H groups in total. The van der Waals surface area contributed by atoms with Gasteiger partial charge >= 0.3 is 12.0 Å². The van der Waals surface area contributed by atoms with Crippen LogP contribution in [0.25, 0.3) is 0 Å². The van der Waals surface area contributed by atoms with Gasteiger partial charge in [0.05, 0.1) is 25.3 Å². The van der Waals surface area contributed by atoms with E-state index in [1.54, 1.807) is 14.0 Å². The van der Waals surface area contributed by atoms with E-state index in [0.717, 1.165) is 11.3 Å². The van der Waals surface area contributed by atoms with Gasteiger partial charge in [-0.25, -0.2) is 9.59 Å². The number of nitrogens with zero attached hydrogens (tertiary/aromatic N) is 1. The molecule has 0 saturated carbocycles. The standard InChI is InChI=1S/C19H27N3O4/c1-5-15-17(18(23)26-6-2)16(21-19(24)20-15)12-22(3)11-13-8-7-9-14(10-13)25-4/h7-10,15H,5-6,11-12H2,1-4H3,(H2,20,21,24)/t15-/m0/s1. The van der Waals surface area contributed by atoms with Crippen LogP contribution in [0.1, 0.15) is 25.8 Å². The number of amides is 2. The summed E-state index contributed by atoms with van der Waals surface area (Å²) in [6.07, 6.45) is 0.616. The Morgan fingerprint density at radius 3 is 2.69 bits per heavy atom. The van der Waals surface area contributed by atoms with Crippen molar-refractivity contribution in [1.82, 2.24) is 15.5 Å². The van der Waals surface area contributed by atoms with Gasteiger partial charge in [-0.1, -0.05) is 19.1 Å². The van der Waals surface area contributed by atoms with Crippen molar-refractivity contribution in [2.45, 2.75) is 32.9 Å². The summed E-state index contributed by atoms with van der Waals surface area (Å²) in [7, 11) is 3.57. The molecule has 1 aliphatic heterocycles. The minimum atomic E-state index is -0.392. The Morgan fingerprint density at radius 2 is 2.04 bits per heavy atom. The Labute approximate surface area is 154 Å². The largest absolute Gasteiger partial charge is 0.497 e. The average Bonchev–Trinajstić information content (AvgIpc) is 2.61. The third kappa shape index (κ3) is 4.98. The number of hydrogen-bond acceptors (Lipinski definition) is 5. The SMILES string of the molecule is CCOC(=O)C1=C(CN(C)Cc2cccc(OC)c2)NC(=O)N[C@H]1CC. The van der Waals surface area contributed by atoms with Gasteiger partial charge in [0, 0.05) is 18.8 Å². The van der Waals surface area contributed by atoms with Crippen LogP contribution in [0, 0.1) is 0 Å². The molecule has 2 amide bonds. The molecule has 142 valence electrons. The van der Waals surface area contributed by atoms with Gasteiger partial charge < -0.3 is 20.1 Å². The summed E-state index contributed by atoms with van der Waals surface area (Å²) < 4.78 is 10.4. The van der Waals surface area contributed by atoms with Crippen molar-refractivity contribution >= 4 is 12.0 Å². The normalized spacial score (nSPS) is 17.0. The number of carbonyl (C=O) groups is 2. The van der Waals surface area contributed by atoms with Crippen LogP contribution >= 0.6 is 0 Å². The highest BCUT2D eigenvalue weighted by Gasteiger charge is 2.31. The molecule has 1 aromatic rings. The molecular formula is C19H27N3O4. The van der Waals surface area contributed by atoms with Gasteiger partial charge in [0.25, 0.3) is 0 Å². The summed E-state index contributed by atoms with van der Waals surface area (Å²) in [4.78, 5) is 26.4. The lowest BCUT2D eigenvalue weighted by Crippen LogP contribution is -2.51. The van der Waals surface area contributed by atoms with Crippen molar-refractivity contribution in [2.24, 2.45) is 0 Å². The predicted molar refractivity (Wildman–Crippen MR) is 98.7 cm³/mol. The van der Waals surface area contributed by atoms with E-state index in [1.165, 1.54) is 0 Å². The number of ether oxygens (including phenoxy) is 2. The van der Waals surface area contributed by atoms with Crippen LogP contribution in [-0.4, -0.2) is 50.3 Å². The van der Waals surface area contributed by atoms with Crippen LogP contribution < -0.4 is 15.4 Å². The zero-order chi connectivity index (χ0) is 19.1. The summed E-state index contributed by atoms with van der Waals surface area (Å²) >= 11 is 0. The summed E-state index contributed by atoms with van der Waals surface area (Å²) in [6.45, 7) is 5.06. The molecule has 1 heterocycles. The molecule has 1 aliphatic rings. The molecule has 0 spiro atoms. The Morgan fingerprint density at radius 1 is 1.27 bits per heavy atom. The van der Waals surface area contributed by atoms with Crippen LogP contribution in [0.2, 0.25) is 0 Å². The molecule has 1 atom stereocenters. The van der Waals surface area contributed by atoms with Crippen molar-refractivity contribution in [2.75, 3.05) is 27.3 Å². The first-order chi connectivity index (χ1) is 12.5. The topological polar surface area (TPSA) is 79.9 Å². The van der Waals surface area contributed by atoms with E-state index in [0.29, 0.717) is 37.4 Å². The fourth-order valence-corrected chi connectivity index (χ4v) is 2.99.